The third-order valence-electron chi connectivity index (χ3n) is 2.58. The molecule has 2 aliphatic rings. The third kappa shape index (κ3) is 2.43. The number of carbonyl (C=O) groups excluding carboxylic acids is 1. The zero-order chi connectivity index (χ0) is 15.2. The number of amides is 1. The normalized spacial score (nSPS) is 20.6. The van der Waals surface area contributed by atoms with E-state index in [2.05, 4.69) is 10.1 Å². The fourth-order valence-electron chi connectivity index (χ4n) is 1.64. The number of thioether (sulfide) groups is 1. The van der Waals surface area contributed by atoms with Crippen molar-refractivity contribution in [1.29, 1.82) is 5.41 Å². The largest absolute Gasteiger partial charge is 0.465 e. The first kappa shape index (κ1) is 13.8. The van der Waals surface area contributed by atoms with Gasteiger partial charge in [0.15, 0.2) is 5.84 Å². The Labute approximate surface area is 123 Å². The summed E-state index contributed by atoms with van der Waals surface area (Å²) in [7, 11) is -3.52. The molecular weight excluding hydrogens is 316 g/mol. The predicted octanol–water partition coefficient (Wildman–Crippen LogP) is 0.901. The van der Waals surface area contributed by atoms with Gasteiger partial charge in [-0.2, -0.15) is 10.0 Å². The van der Waals surface area contributed by atoms with Gasteiger partial charge in [0.25, 0.3) is 5.91 Å². The number of sulfone groups is 1. The lowest BCUT2D eigenvalue weighted by Crippen LogP contribution is -2.35. The van der Waals surface area contributed by atoms with Crippen LogP contribution in [0.3, 0.4) is 0 Å². The number of carbonyl (C=O) groups is 1. The molecule has 0 spiro atoms. The van der Waals surface area contributed by atoms with E-state index in [1.165, 1.54) is 12.3 Å². The highest BCUT2D eigenvalue weighted by molar-refractivity contribution is 8.42. The molecule has 0 saturated carbocycles. The molecule has 1 amide bonds. The SMILES string of the molecule is CS(=O)(=O)C1=NN2C(=N)/C(=C/c3ccco3)C(=O)N=C2S1. The quantitative estimate of drug-likeness (QED) is 0.767. The van der Waals surface area contributed by atoms with Crippen LogP contribution in [0.15, 0.2) is 38.5 Å². The number of amidine groups is 2. The monoisotopic (exact) mass is 324 g/mol. The molecule has 108 valence electrons. The van der Waals surface area contributed by atoms with Crippen LogP contribution in [0.4, 0.5) is 0 Å². The predicted molar refractivity (Wildman–Crippen MR) is 78.6 cm³/mol. The average Bonchev–Trinajstić information content (AvgIpc) is 3.02. The summed E-state index contributed by atoms with van der Waals surface area (Å²) in [5, 5.41) is 12.9. The van der Waals surface area contributed by atoms with Gasteiger partial charge in [-0.05, 0) is 30.0 Å². The Morgan fingerprint density at radius 2 is 2.24 bits per heavy atom. The summed E-state index contributed by atoms with van der Waals surface area (Å²) in [6.07, 6.45) is 3.80. The smallest absolute Gasteiger partial charge is 0.283 e. The highest BCUT2D eigenvalue weighted by Gasteiger charge is 2.38. The number of hydrogen-bond acceptors (Lipinski definition) is 7. The molecule has 0 unspecified atom stereocenters. The minimum absolute atomic E-state index is 0.0206. The molecule has 0 atom stereocenters. The number of nitrogens with zero attached hydrogens (tertiary/aromatic N) is 3. The van der Waals surface area contributed by atoms with Gasteiger partial charge in [-0.25, -0.2) is 8.42 Å². The Kier molecular flexibility index (Phi) is 3.06. The van der Waals surface area contributed by atoms with Crippen molar-refractivity contribution in [3.05, 3.63) is 29.7 Å². The fourth-order valence-corrected chi connectivity index (χ4v) is 3.32. The molecule has 3 heterocycles. The number of hydrazone groups is 1. The Morgan fingerprint density at radius 1 is 1.48 bits per heavy atom. The minimum Gasteiger partial charge on any atom is -0.465 e. The lowest BCUT2D eigenvalue weighted by Gasteiger charge is -2.19. The van der Waals surface area contributed by atoms with Crippen molar-refractivity contribution in [3.63, 3.8) is 0 Å². The van der Waals surface area contributed by atoms with E-state index in [0.717, 1.165) is 23.0 Å². The zero-order valence-electron chi connectivity index (χ0n) is 10.6. The van der Waals surface area contributed by atoms with E-state index in [-0.39, 0.29) is 21.0 Å². The lowest BCUT2D eigenvalue weighted by atomic mass is 10.1. The summed E-state index contributed by atoms with van der Waals surface area (Å²) in [4.78, 5) is 15.7. The average molecular weight is 324 g/mol. The molecule has 0 saturated heterocycles. The second-order valence-corrected chi connectivity index (χ2v) is 7.32. The molecule has 10 heteroatoms. The van der Waals surface area contributed by atoms with Crippen molar-refractivity contribution in [1.82, 2.24) is 5.01 Å². The van der Waals surface area contributed by atoms with Gasteiger partial charge >= 0.3 is 0 Å². The number of furan rings is 1. The Bertz CT molecular complexity index is 834. The van der Waals surface area contributed by atoms with Crippen LogP contribution in [0.1, 0.15) is 5.76 Å². The first-order chi connectivity index (χ1) is 9.86. The van der Waals surface area contributed by atoms with Gasteiger partial charge in [-0.3, -0.25) is 10.2 Å². The minimum atomic E-state index is -3.52. The fraction of sp³-hybridized carbons (Fsp3) is 0.0909. The molecule has 21 heavy (non-hydrogen) atoms. The van der Waals surface area contributed by atoms with Crippen LogP contribution in [0, 0.1) is 5.41 Å². The highest BCUT2D eigenvalue weighted by Crippen LogP contribution is 2.29. The third-order valence-corrected chi connectivity index (χ3v) is 5.16. The number of nitrogens with one attached hydrogen (secondary N) is 1. The summed E-state index contributed by atoms with van der Waals surface area (Å²) >= 11 is 0.745. The zero-order valence-corrected chi connectivity index (χ0v) is 12.2. The maximum atomic E-state index is 12.0. The first-order valence-electron chi connectivity index (χ1n) is 5.60. The van der Waals surface area contributed by atoms with Crippen LogP contribution in [0.25, 0.3) is 6.08 Å². The summed E-state index contributed by atoms with van der Waals surface area (Å²) in [5.41, 5.74) is -0.0206. The molecule has 3 rings (SSSR count). The van der Waals surface area contributed by atoms with Crippen LogP contribution in [0.5, 0.6) is 0 Å². The standard InChI is InChI=1S/C11H8N4O4S2/c1-21(17,18)11-14-15-8(12)7(5-6-3-2-4-19-6)9(16)13-10(15)20-11/h2-5,12H,1H3/b7-5-,12-8?. The Hall–Kier alpha value is -2.20. The van der Waals surface area contributed by atoms with Crippen LogP contribution in [-0.4, -0.2) is 41.0 Å². The maximum Gasteiger partial charge on any atom is 0.283 e. The Morgan fingerprint density at radius 3 is 2.86 bits per heavy atom. The van der Waals surface area contributed by atoms with Gasteiger partial charge in [0.05, 0.1) is 11.8 Å². The van der Waals surface area contributed by atoms with Crippen LogP contribution >= 0.6 is 11.8 Å². The van der Waals surface area contributed by atoms with Gasteiger partial charge in [0.2, 0.25) is 19.4 Å². The summed E-state index contributed by atoms with van der Waals surface area (Å²) < 4.78 is 27.9. The van der Waals surface area contributed by atoms with Crippen LogP contribution < -0.4 is 0 Å². The van der Waals surface area contributed by atoms with Gasteiger partial charge in [-0.1, -0.05) is 0 Å². The van der Waals surface area contributed by atoms with Crippen molar-refractivity contribution in [2.75, 3.05) is 6.26 Å². The van der Waals surface area contributed by atoms with Crippen molar-refractivity contribution < 1.29 is 17.6 Å². The molecule has 0 bridgehead atoms. The second-order valence-electron chi connectivity index (χ2n) is 4.17. The molecule has 2 aliphatic heterocycles. The molecule has 0 fully saturated rings. The molecule has 1 aromatic rings. The second kappa shape index (κ2) is 4.67. The first-order valence-corrected chi connectivity index (χ1v) is 8.31. The van der Waals surface area contributed by atoms with E-state index >= 15 is 0 Å². The van der Waals surface area contributed by atoms with Crippen molar-refractivity contribution in [2.24, 2.45) is 10.1 Å². The molecular formula is C11H8N4O4S2. The van der Waals surface area contributed by atoms with Crippen molar-refractivity contribution in [3.8, 4) is 0 Å². The van der Waals surface area contributed by atoms with E-state index in [4.69, 9.17) is 9.83 Å². The maximum absolute atomic E-state index is 12.0. The number of hydrogen-bond donors (Lipinski definition) is 1. The molecule has 1 N–H and O–H groups in total. The Balaban J connectivity index is 2.03. The molecule has 0 aliphatic carbocycles. The van der Waals surface area contributed by atoms with Crippen LogP contribution in [0.2, 0.25) is 0 Å². The molecule has 1 aromatic heterocycles. The van der Waals surface area contributed by atoms with Gasteiger partial charge in [0, 0.05) is 6.26 Å². The number of fused-ring (bicyclic) bond motifs is 1. The molecule has 8 nitrogen and oxygen atoms in total. The van der Waals surface area contributed by atoms with Crippen molar-refractivity contribution in [2.45, 2.75) is 0 Å². The number of rotatable bonds is 1. The van der Waals surface area contributed by atoms with E-state index in [9.17, 15) is 13.2 Å². The topological polar surface area (TPSA) is 116 Å². The summed E-state index contributed by atoms with van der Waals surface area (Å²) in [6, 6.07) is 3.26. The van der Waals surface area contributed by atoms with Gasteiger partial charge in [-0.15, -0.1) is 5.10 Å². The van der Waals surface area contributed by atoms with Crippen LogP contribution in [-0.2, 0) is 14.6 Å². The molecule has 0 aromatic carbocycles. The van der Waals surface area contributed by atoms with E-state index in [1.807, 2.05) is 0 Å². The van der Waals surface area contributed by atoms with Gasteiger partial charge < -0.3 is 4.42 Å². The molecule has 0 radical (unpaired) electrons. The number of aliphatic imine (C=N–C) groups is 1. The lowest BCUT2D eigenvalue weighted by molar-refractivity contribution is -0.114. The van der Waals surface area contributed by atoms with E-state index < -0.39 is 15.7 Å². The summed E-state index contributed by atoms with van der Waals surface area (Å²) in [6.45, 7) is 0. The highest BCUT2D eigenvalue weighted by atomic mass is 32.3. The van der Waals surface area contributed by atoms with Gasteiger partial charge in [0.1, 0.15) is 5.76 Å². The summed E-state index contributed by atoms with van der Waals surface area (Å²) in [5.74, 6) is -0.492. The van der Waals surface area contributed by atoms with Crippen molar-refractivity contribution >= 4 is 49.0 Å². The van der Waals surface area contributed by atoms with E-state index in [1.54, 1.807) is 12.1 Å². The van der Waals surface area contributed by atoms with E-state index in [0.29, 0.717) is 5.76 Å².